The third-order valence-electron chi connectivity index (χ3n) is 7.09. The number of ether oxygens (including phenoxy) is 2. The Hall–Kier alpha value is -3.40. The zero-order valence-electron chi connectivity index (χ0n) is 20.7. The third-order valence-corrected chi connectivity index (χ3v) is 7.09. The monoisotopic (exact) mass is 487 g/mol. The second kappa shape index (κ2) is 10.3. The molecule has 2 aliphatic rings. The van der Waals surface area contributed by atoms with E-state index in [9.17, 15) is 0 Å². The van der Waals surface area contributed by atoms with Gasteiger partial charge in [0.15, 0.2) is 0 Å². The number of imidazole rings is 1. The van der Waals surface area contributed by atoms with Crippen LogP contribution in [-0.2, 0) is 11.3 Å². The highest BCUT2D eigenvalue weighted by molar-refractivity contribution is 5.74. The number of fused-ring (bicyclic) bond motifs is 1. The Balaban J connectivity index is 1.27. The van der Waals surface area contributed by atoms with Gasteiger partial charge in [-0.15, -0.1) is 0 Å². The van der Waals surface area contributed by atoms with Gasteiger partial charge in [-0.05, 0) is 31.2 Å². The van der Waals surface area contributed by atoms with Crippen LogP contribution in [0.5, 0.6) is 5.75 Å². The van der Waals surface area contributed by atoms with E-state index >= 15 is 0 Å². The molecule has 6 rings (SSSR count). The van der Waals surface area contributed by atoms with E-state index in [1.54, 1.807) is 7.11 Å². The van der Waals surface area contributed by atoms with Gasteiger partial charge in [-0.1, -0.05) is 6.07 Å². The first kappa shape index (κ1) is 23.0. The summed E-state index contributed by atoms with van der Waals surface area (Å²) < 4.78 is 15.6. The quantitative estimate of drug-likeness (QED) is 0.396. The summed E-state index contributed by atoms with van der Waals surface area (Å²) >= 11 is 0. The molecule has 9 heteroatoms. The van der Waals surface area contributed by atoms with E-state index < -0.39 is 0 Å². The zero-order valence-corrected chi connectivity index (χ0v) is 20.7. The molecule has 1 atom stereocenters. The number of nitrogens with one attached hydrogen (secondary N) is 2. The van der Waals surface area contributed by atoms with Gasteiger partial charge in [0.1, 0.15) is 17.2 Å². The largest absolute Gasteiger partial charge is 0.496 e. The molecule has 188 valence electrons. The first-order valence-corrected chi connectivity index (χ1v) is 12.7. The number of aromatic nitrogens is 4. The molecule has 0 amide bonds. The first-order valence-electron chi connectivity index (χ1n) is 12.7. The Morgan fingerprint density at radius 3 is 2.92 bits per heavy atom. The van der Waals surface area contributed by atoms with Crippen molar-refractivity contribution in [3.8, 4) is 28.3 Å². The molecule has 2 fully saturated rings. The van der Waals surface area contributed by atoms with Crippen molar-refractivity contribution in [2.45, 2.75) is 19.0 Å². The van der Waals surface area contributed by atoms with Gasteiger partial charge in [0.25, 0.3) is 0 Å². The van der Waals surface area contributed by atoms with Crippen molar-refractivity contribution >= 4 is 11.5 Å². The molecular formula is C27H33N7O2. The summed E-state index contributed by atoms with van der Waals surface area (Å²) in [5.74, 6) is 1.70. The van der Waals surface area contributed by atoms with Gasteiger partial charge in [0, 0.05) is 74.5 Å². The van der Waals surface area contributed by atoms with Crippen LogP contribution in [0, 0.1) is 0 Å². The fourth-order valence-corrected chi connectivity index (χ4v) is 5.05. The molecule has 1 unspecified atom stereocenters. The maximum atomic E-state index is 5.76. The van der Waals surface area contributed by atoms with Gasteiger partial charge in [0.2, 0.25) is 0 Å². The van der Waals surface area contributed by atoms with Crippen LogP contribution in [0.2, 0.25) is 0 Å². The predicted octanol–water partition coefficient (Wildman–Crippen LogP) is 2.98. The highest BCUT2D eigenvalue weighted by Crippen LogP contribution is 2.33. The lowest BCUT2D eigenvalue weighted by atomic mass is 10.1. The smallest absolute Gasteiger partial charge is 0.140 e. The maximum absolute atomic E-state index is 5.76. The van der Waals surface area contributed by atoms with E-state index in [-0.39, 0.29) is 0 Å². The van der Waals surface area contributed by atoms with Crippen LogP contribution < -0.4 is 15.4 Å². The maximum Gasteiger partial charge on any atom is 0.140 e. The van der Waals surface area contributed by atoms with E-state index in [4.69, 9.17) is 14.5 Å². The summed E-state index contributed by atoms with van der Waals surface area (Å²) in [5.41, 5.74) is 4.82. The number of rotatable bonds is 8. The van der Waals surface area contributed by atoms with Crippen molar-refractivity contribution in [2.75, 3.05) is 58.4 Å². The van der Waals surface area contributed by atoms with E-state index in [2.05, 4.69) is 54.1 Å². The molecule has 2 aliphatic heterocycles. The molecule has 0 bridgehead atoms. The molecule has 0 radical (unpaired) electrons. The fourth-order valence-electron chi connectivity index (χ4n) is 5.05. The van der Waals surface area contributed by atoms with Crippen molar-refractivity contribution in [1.29, 1.82) is 0 Å². The van der Waals surface area contributed by atoms with Crippen molar-refractivity contribution in [1.82, 2.24) is 29.2 Å². The minimum atomic E-state index is 0.415. The van der Waals surface area contributed by atoms with Gasteiger partial charge < -0.3 is 24.7 Å². The van der Waals surface area contributed by atoms with Gasteiger partial charge in [-0.25, -0.2) is 9.97 Å². The molecule has 9 nitrogen and oxygen atoms in total. The van der Waals surface area contributed by atoms with E-state index in [1.807, 2.05) is 30.5 Å². The number of hydrogen-bond donors (Lipinski definition) is 2. The standard InChI is InChI=1S/C27H33N7O2/c1-35-25-15-27-29-17-24(23-3-2-4-26(31-23)30-21-5-7-28-16-21)34(27)19-22(25)20-6-8-33(18-20)10-9-32-11-13-36-14-12-32/h2-4,6,8,15,17-19,21,28H,5,7,9-14,16H2,1H3,(H,30,31). The minimum Gasteiger partial charge on any atom is -0.496 e. The van der Waals surface area contributed by atoms with Gasteiger partial charge in [-0.2, -0.15) is 0 Å². The minimum absolute atomic E-state index is 0.415. The second-order valence-electron chi connectivity index (χ2n) is 9.46. The molecule has 4 aromatic heterocycles. The Labute approximate surface area is 211 Å². The van der Waals surface area contributed by atoms with Crippen LogP contribution >= 0.6 is 0 Å². The summed E-state index contributed by atoms with van der Waals surface area (Å²) in [6.45, 7) is 7.64. The number of nitrogens with zero attached hydrogens (tertiary/aromatic N) is 5. The Kier molecular flexibility index (Phi) is 6.59. The van der Waals surface area contributed by atoms with E-state index in [0.717, 1.165) is 98.6 Å². The van der Waals surface area contributed by atoms with E-state index in [1.165, 1.54) is 0 Å². The molecule has 36 heavy (non-hydrogen) atoms. The lowest BCUT2D eigenvalue weighted by Gasteiger charge is -2.26. The van der Waals surface area contributed by atoms with Crippen LogP contribution in [0.15, 0.2) is 55.1 Å². The second-order valence-corrected chi connectivity index (χ2v) is 9.46. The van der Waals surface area contributed by atoms with Crippen LogP contribution in [-0.4, -0.2) is 82.9 Å². The highest BCUT2D eigenvalue weighted by atomic mass is 16.5. The fraction of sp³-hybridized carbons (Fsp3) is 0.407. The highest BCUT2D eigenvalue weighted by Gasteiger charge is 2.17. The van der Waals surface area contributed by atoms with Gasteiger partial charge >= 0.3 is 0 Å². The summed E-state index contributed by atoms with van der Waals surface area (Å²) in [7, 11) is 1.71. The van der Waals surface area contributed by atoms with Gasteiger partial charge in [-0.3, -0.25) is 9.30 Å². The van der Waals surface area contributed by atoms with Crippen molar-refractivity contribution in [3.05, 3.63) is 55.1 Å². The third kappa shape index (κ3) is 4.82. The summed E-state index contributed by atoms with van der Waals surface area (Å²) in [4.78, 5) is 12.0. The van der Waals surface area contributed by atoms with Crippen LogP contribution in [0.25, 0.3) is 28.2 Å². The molecular weight excluding hydrogens is 454 g/mol. The Morgan fingerprint density at radius 2 is 2.08 bits per heavy atom. The number of pyridine rings is 2. The molecule has 6 heterocycles. The average Bonchev–Trinajstić information content (AvgIpc) is 3.68. The van der Waals surface area contributed by atoms with Crippen molar-refractivity contribution in [2.24, 2.45) is 0 Å². The topological polar surface area (TPSA) is 80.9 Å². The van der Waals surface area contributed by atoms with Crippen LogP contribution in [0.3, 0.4) is 0 Å². The average molecular weight is 488 g/mol. The number of hydrogen-bond acceptors (Lipinski definition) is 7. The molecule has 0 aliphatic carbocycles. The van der Waals surface area contributed by atoms with Crippen LogP contribution in [0.4, 0.5) is 5.82 Å². The Bertz CT molecular complexity index is 1320. The summed E-state index contributed by atoms with van der Waals surface area (Å²) in [6, 6.07) is 10.7. The summed E-state index contributed by atoms with van der Waals surface area (Å²) in [6.07, 6.45) is 9.44. The van der Waals surface area contributed by atoms with Gasteiger partial charge in [0.05, 0.1) is 37.9 Å². The van der Waals surface area contributed by atoms with Crippen molar-refractivity contribution < 1.29 is 9.47 Å². The molecule has 2 saturated heterocycles. The number of methoxy groups -OCH3 is 1. The number of anilines is 1. The molecule has 0 spiro atoms. The predicted molar refractivity (Wildman–Crippen MR) is 141 cm³/mol. The molecule has 2 N–H and O–H groups in total. The first-order chi connectivity index (χ1) is 17.8. The Morgan fingerprint density at radius 1 is 1.17 bits per heavy atom. The molecule has 4 aromatic rings. The molecule has 0 aromatic carbocycles. The SMILES string of the molecule is COc1cc2ncc(-c3cccc(NC4CCNC4)n3)n2cc1-c1ccn(CCN2CCOCC2)c1. The number of morpholine rings is 1. The van der Waals surface area contributed by atoms with E-state index in [0.29, 0.717) is 6.04 Å². The normalized spacial score (nSPS) is 18.6. The molecule has 0 saturated carbocycles. The van der Waals surface area contributed by atoms with Crippen LogP contribution in [0.1, 0.15) is 6.42 Å². The summed E-state index contributed by atoms with van der Waals surface area (Å²) in [5, 5.41) is 6.94. The lowest BCUT2D eigenvalue weighted by molar-refractivity contribution is 0.0364. The van der Waals surface area contributed by atoms with Crippen molar-refractivity contribution in [3.63, 3.8) is 0 Å². The zero-order chi connectivity index (χ0) is 24.3. The lowest BCUT2D eigenvalue weighted by Crippen LogP contribution is -2.38.